The van der Waals surface area contributed by atoms with Crippen molar-refractivity contribution in [3.05, 3.63) is 0 Å². The van der Waals surface area contributed by atoms with Crippen molar-refractivity contribution in [2.45, 2.75) is 32.6 Å². The number of ether oxygens (including phenoxy) is 1. The minimum absolute atomic E-state index is 0.207. The van der Waals surface area contributed by atoms with Crippen LogP contribution in [0.4, 0.5) is 0 Å². The van der Waals surface area contributed by atoms with Crippen LogP contribution in [0.1, 0.15) is 32.6 Å². The molecule has 4 nitrogen and oxygen atoms in total. The molecular weight excluding hydrogens is 180 g/mol. The SMILES string of the molecule is CCOCCCNCCCCC(N)=O. The van der Waals surface area contributed by atoms with Crippen LogP contribution in [-0.2, 0) is 9.53 Å². The highest BCUT2D eigenvalue weighted by atomic mass is 16.5. The molecule has 0 saturated heterocycles. The molecule has 1 amide bonds. The molecule has 4 heteroatoms. The first-order valence-electron chi connectivity index (χ1n) is 5.34. The lowest BCUT2D eigenvalue weighted by Gasteiger charge is -2.04. The third-order valence-electron chi connectivity index (χ3n) is 1.87. The Labute approximate surface area is 86.2 Å². The largest absolute Gasteiger partial charge is 0.382 e. The quantitative estimate of drug-likeness (QED) is 0.511. The van der Waals surface area contributed by atoms with E-state index in [1.807, 2.05) is 6.92 Å². The number of hydrogen-bond acceptors (Lipinski definition) is 3. The van der Waals surface area contributed by atoms with Gasteiger partial charge in [-0.05, 0) is 39.3 Å². The molecule has 0 unspecified atom stereocenters. The maximum Gasteiger partial charge on any atom is 0.217 e. The summed E-state index contributed by atoms with van der Waals surface area (Å²) in [6.07, 6.45) is 3.44. The summed E-state index contributed by atoms with van der Waals surface area (Å²) < 4.78 is 5.19. The standard InChI is InChI=1S/C10H22N2O2/c1-2-14-9-5-8-12-7-4-3-6-10(11)13/h12H,2-9H2,1H3,(H2,11,13). The van der Waals surface area contributed by atoms with E-state index in [4.69, 9.17) is 10.5 Å². The number of primary amides is 1. The number of nitrogens with one attached hydrogen (secondary N) is 1. The number of rotatable bonds is 10. The van der Waals surface area contributed by atoms with E-state index in [2.05, 4.69) is 5.32 Å². The van der Waals surface area contributed by atoms with Crippen LogP contribution in [0, 0.1) is 0 Å². The third kappa shape index (κ3) is 11.4. The van der Waals surface area contributed by atoms with Crippen molar-refractivity contribution in [3.63, 3.8) is 0 Å². The summed E-state index contributed by atoms with van der Waals surface area (Å²) in [6, 6.07) is 0. The van der Waals surface area contributed by atoms with Crippen LogP contribution in [0.3, 0.4) is 0 Å². The molecule has 0 aromatic heterocycles. The van der Waals surface area contributed by atoms with Gasteiger partial charge in [0, 0.05) is 19.6 Å². The maximum atomic E-state index is 10.4. The number of carbonyl (C=O) groups excluding carboxylic acids is 1. The molecule has 0 spiro atoms. The van der Waals surface area contributed by atoms with Crippen LogP contribution in [-0.4, -0.2) is 32.2 Å². The van der Waals surface area contributed by atoms with Gasteiger partial charge in [0.25, 0.3) is 0 Å². The summed E-state index contributed by atoms with van der Waals surface area (Å²) >= 11 is 0. The van der Waals surface area contributed by atoms with E-state index in [1.54, 1.807) is 0 Å². The highest BCUT2D eigenvalue weighted by Gasteiger charge is 1.93. The van der Waals surface area contributed by atoms with E-state index in [0.717, 1.165) is 45.6 Å². The Morgan fingerprint density at radius 3 is 2.64 bits per heavy atom. The minimum atomic E-state index is -0.207. The van der Waals surface area contributed by atoms with Crippen molar-refractivity contribution in [1.82, 2.24) is 5.32 Å². The summed E-state index contributed by atoms with van der Waals surface area (Å²) in [6.45, 7) is 5.55. The van der Waals surface area contributed by atoms with Gasteiger partial charge in [-0.25, -0.2) is 0 Å². The molecule has 0 saturated carbocycles. The van der Waals surface area contributed by atoms with Crippen molar-refractivity contribution < 1.29 is 9.53 Å². The first-order chi connectivity index (χ1) is 6.77. The van der Waals surface area contributed by atoms with Crippen molar-refractivity contribution in [2.24, 2.45) is 5.73 Å². The van der Waals surface area contributed by atoms with Gasteiger partial charge in [-0.15, -0.1) is 0 Å². The lowest BCUT2D eigenvalue weighted by molar-refractivity contribution is -0.118. The van der Waals surface area contributed by atoms with Gasteiger partial charge in [-0.2, -0.15) is 0 Å². The monoisotopic (exact) mass is 202 g/mol. The maximum absolute atomic E-state index is 10.4. The Hall–Kier alpha value is -0.610. The Kier molecular flexibility index (Phi) is 10.0. The summed E-state index contributed by atoms with van der Waals surface area (Å²) in [4.78, 5) is 10.4. The van der Waals surface area contributed by atoms with E-state index < -0.39 is 0 Å². The zero-order valence-electron chi connectivity index (χ0n) is 9.05. The third-order valence-corrected chi connectivity index (χ3v) is 1.87. The molecule has 0 atom stereocenters. The minimum Gasteiger partial charge on any atom is -0.382 e. The molecule has 0 aliphatic rings. The van der Waals surface area contributed by atoms with E-state index in [-0.39, 0.29) is 5.91 Å². The normalized spacial score (nSPS) is 10.4. The second-order valence-corrected chi connectivity index (χ2v) is 3.22. The first-order valence-corrected chi connectivity index (χ1v) is 5.34. The zero-order valence-corrected chi connectivity index (χ0v) is 9.05. The Bertz CT molecular complexity index is 140. The molecule has 0 rings (SSSR count). The number of hydrogen-bond donors (Lipinski definition) is 2. The predicted octanol–water partition coefficient (Wildman–Crippen LogP) is 0.658. The molecule has 0 aromatic carbocycles. The molecule has 0 fully saturated rings. The molecule has 3 N–H and O–H groups in total. The zero-order chi connectivity index (χ0) is 10.6. The second-order valence-electron chi connectivity index (χ2n) is 3.22. The van der Waals surface area contributed by atoms with E-state index in [0.29, 0.717) is 6.42 Å². The lowest BCUT2D eigenvalue weighted by atomic mass is 10.2. The van der Waals surface area contributed by atoms with Crippen LogP contribution in [0.25, 0.3) is 0 Å². The van der Waals surface area contributed by atoms with Crippen LogP contribution in [0.2, 0.25) is 0 Å². The van der Waals surface area contributed by atoms with Crippen molar-refractivity contribution in [1.29, 1.82) is 0 Å². The lowest BCUT2D eigenvalue weighted by Crippen LogP contribution is -2.19. The van der Waals surface area contributed by atoms with E-state index in [9.17, 15) is 4.79 Å². The van der Waals surface area contributed by atoms with Crippen molar-refractivity contribution >= 4 is 5.91 Å². The van der Waals surface area contributed by atoms with Gasteiger partial charge < -0.3 is 15.8 Å². The van der Waals surface area contributed by atoms with Crippen LogP contribution < -0.4 is 11.1 Å². The summed E-state index contributed by atoms with van der Waals surface area (Å²) in [5.41, 5.74) is 5.01. The second kappa shape index (κ2) is 10.5. The fourth-order valence-electron chi connectivity index (χ4n) is 1.12. The highest BCUT2D eigenvalue weighted by Crippen LogP contribution is 1.92. The number of amides is 1. The highest BCUT2D eigenvalue weighted by molar-refractivity contribution is 5.73. The molecule has 0 heterocycles. The van der Waals surface area contributed by atoms with Gasteiger partial charge in [-0.1, -0.05) is 0 Å². The average molecular weight is 202 g/mol. The van der Waals surface area contributed by atoms with Gasteiger partial charge in [0.15, 0.2) is 0 Å². The van der Waals surface area contributed by atoms with Gasteiger partial charge in [-0.3, -0.25) is 4.79 Å². The Morgan fingerprint density at radius 2 is 2.00 bits per heavy atom. The fourth-order valence-corrected chi connectivity index (χ4v) is 1.12. The van der Waals surface area contributed by atoms with E-state index >= 15 is 0 Å². The summed E-state index contributed by atoms with van der Waals surface area (Å²) in [5.74, 6) is -0.207. The van der Waals surface area contributed by atoms with Gasteiger partial charge >= 0.3 is 0 Å². The molecule has 0 aliphatic heterocycles. The van der Waals surface area contributed by atoms with E-state index in [1.165, 1.54) is 0 Å². The van der Waals surface area contributed by atoms with Gasteiger partial charge in [0.2, 0.25) is 5.91 Å². The molecule has 0 bridgehead atoms. The van der Waals surface area contributed by atoms with Crippen LogP contribution in [0.5, 0.6) is 0 Å². The average Bonchev–Trinajstić information content (AvgIpc) is 2.15. The topological polar surface area (TPSA) is 64.3 Å². The van der Waals surface area contributed by atoms with Gasteiger partial charge in [0.05, 0.1) is 0 Å². The molecule has 0 aromatic rings. The predicted molar refractivity (Wildman–Crippen MR) is 57.0 cm³/mol. The van der Waals surface area contributed by atoms with Gasteiger partial charge in [0.1, 0.15) is 0 Å². The Morgan fingerprint density at radius 1 is 1.29 bits per heavy atom. The number of nitrogens with two attached hydrogens (primary N) is 1. The molecule has 84 valence electrons. The molecular formula is C10H22N2O2. The molecule has 14 heavy (non-hydrogen) atoms. The van der Waals surface area contributed by atoms with Crippen LogP contribution >= 0.6 is 0 Å². The first kappa shape index (κ1) is 13.4. The van der Waals surface area contributed by atoms with Crippen molar-refractivity contribution in [3.8, 4) is 0 Å². The molecule has 0 radical (unpaired) electrons. The Balaban J connectivity index is 2.88. The smallest absolute Gasteiger partial charge is 0.217 e. The fraction of sp³-hybridized carbons (Fsp3) is 0.900. The number of carbonyl (C=O) groups is 1. The summed E-state index contributed by atoms with van der Waals surface area (Å²) in [5, 5.41) is 3.29. The van der Waals surface area contributed by atoms with Crippen molar-refractivity contribution in [2.75, 3.05) is 26.3 Å². The molecule has 0 aliphatic carbocycles. The van der Waals surface area contributed by atoms with Crippen LogP contribution in [0.15, 0.2) is 0 Å². The summed E-state index contributed by atoms with van der Waals surface area (Å²) in [7, 11) is 0. The number of unbranched alkanes of at least 4 members (excludes halogenated alkanes) is 1.